The van der Waals surface area contributed by atoms with Crippen LogP contribution >= 0.6 is 0 Å². The molecule has 67 heavy (non-hydrogen) atoms. The Kier molecular flexibility index (Phi) is 46.3. The molecule has 0 aromatic heterocycles. The van der Waals surface area contributed by atoms with Crippen LogP contribution in [0.2, 0.25) is 0 Å². The number of hydrogen-bond donors (Lipinski definition) is 6. The summed E-state index contributed by atoms with van der Waals surface area (Å²) in [6.07, 6.45) is 52.5. The SMILES string of the molecule is CCCCCCCCC/C=C\CCCCCCCC(=O)NC(COC1OC(CO)C(O)C(O)C1O)C(O)CCCCCCCCCCCCCCCCCCCCCCCCCCCCCC. The Hall–Kier alpha value is -1.07. The van der Waals surface area contributed by atoms with Crippen LogP contribution in [0.15, 0.2) is 12.2 Å². The van der Waals surface area contributed by atoms with Crippen LogP contribution in [0.1, 0.15) is 296 Å². The number of carbonyl (C=O) groups is 1. The van der Waals surface area contributed by atoms with Gasteiger partial charge < -0.3 is 40.3 Å². The van der Waals surface area contributed by atoms with Gasteiger partial charge in [-0.25, -0.2) is 0 Å². The molecule has 398 valence electrons. The first-order chi connectivity index (χ1) is 32.8. The fourth-order valence-electron chi connectivity index (χ4n) is 9.69. The number of aliphatic hydroxyl groups is 5. The zero-order valence-electron chi connectivity index (χ0n) is 44.2. The molecule has 7 unspecified atom stereocenters. The van der Waals surface area contributed by atoms with Gasteiger partial charge in [-0.1, -0.05) is 264 Å². The van der Waals surface area contributed by atoms with Gasteiger partial charge in [-0.05, 0) is 38.5 Å². The molecule has 1 aliphatic heterocycles. The smallest absolute Gasteiger partial charge is 0.220 e. The second-order valence-corrected chi connectivity index (χ2v) is 20.8. The van der Waals surface area contributed by atoms with Crippen LogP contribution in [-0.4, -0.2) is 87.5 Å². The van der Waals surface area contributed by atoms with Gasteiger partial charge in [0, 0.05) is 6.42 Å². The number of ether oxygens (including phenoxy) is 2. The van der Waals surface area contributed by atoms with Crippen LogP contribution in [0.5, 0.6) is 0 Å². The summed E-state index contributed by atoms with van der Waals surface area (Å²) < 4.78 is 11.3. The molecule has 1 heterocycles. The summed E-state index contributed by atoms with van der Waals surface area (Å²) >= 11 is 0. The summed E-state index contributed by atoms with van der Waals surface area (Å²) in [5.41, 5.74) is 0. The second kappa shape index (κ2) is 48.6. The van der Waals surface area contributed by atoms with Crippen molar-refractivity contribution in [2.45, 2.75) is 339 Å². The molecule has 0 spiro atoms. The van der Waals surface area contributed by atoms with Crippen LogP contribution in [0.25, 0.3) is 0 Å². The summed E-state index contributed by atoms with van der Waals surface area (Å²) in [5.74, 6) is -0.148. The number of allylic oxidation sites excluding steroid dienone is 2. The minimum absolute atomic E-state index is 0.137. The molecule has 1 saturated heterocycles. The third kappa shape index (κ3) is 38.3. The van der Waals surface area contributed by atoms with Crippen molar-refractivity contribution < 1.29 is 39.8 Å². The van der Waals surface area contributed by atoms with Gasteiger partial charge in [0.15, 0.2) is 6.29 Å². The minimum atomic E-state index is -1.55. The molecule has 1 aliphatic rings. The molecular formula is C58H113NO8. The second-order valence-electron chi connectivity index (χ2n) is 20.8. The minimum Gasteiger partial charge on any atom is -0.394 e. The lowest BCUT2D eigenvalue weighted by atomic mass is 9.99. The van der Waals surface area contributed by atoms with E-state index in [0.717, 1.165) is 51.4 Å². The van der Waals surface area contributed by atoms with E-state index >= 15 is 0 Å². The first-order valence-corrected chi connectivity index (χ1v) is 29.4. The van der Waals surface area contributed by atoms with Crippen LogP contribution in [-0.2, 0) is 14.3 Å². The lowest BCUT2D eigenvalue weighted by Crippen LogP contribution is -2.60. The molecule has 9 heteroatoms. The Labute approximate surface area is 414 Å². The fourth-order valence-corrected chi connectivity index (χ4v) is 9.69. The summed E-state index contributed by atoms with van der Waals surface area (Å²) in [5, 5.41) is 54.7. The van der Waals surface area contributed by atoms with E-state index in [0.29, 0.717) is 12.8 Å². The maximum atomic E-state index is 13.0. The molecule has 9 nitrogen and oxygen atoms in total. The number of aliphatic hydroxyl groups excluding tert-OH is 5. The summed E-state index contributed by atoms with van der Waals surface area (Å²) in [7, 11) is 0. The number of unbranched alkanes of at least 4 members (excludes halogenated alkanes) is 39. The molecule has 0 aromatic rings. The van der Waals surface area contributed by atoms with E-state index in [1.807, 2.05) is 0 Å². The molecule has 0 aliphatic carbocycles. The topological polar surface area (TPSA) is 149 Å². The van der Waals surface area contributed by atoms with Gasteiger partial charge in [0.1, 0.15) is 24.4 Å². The van der Waals surface area contributed by atoms with Crippen molar-refractivity contribution in [1.82, 2.24) is 5.32 Å². The number of rotatable bonds is 51. The van der Waals surface area contributed by atoms with Crippen molar-refractivity contribution >= 4 is 5.91 Å². The van der Waals surface area contributed by atoms with Gasteiger partial charge in [0.2, 0.25) is 5.91 Å². The van der Waals surface area contributed by atoms with Crippen LogP contribution in [0.4, 0.5) is 0 Å². The Morgan fingerprint density at radius 3 is 1.21 bits per heavy atom. The van der Waals surface area contributed by atoms with E-state index in [-0.39, 0.29) is 12.5 Å². The molecule has 0 aromatic carbocycles. The molecule has 7 atom stereocenters. The highest BCUT2D eigenvalue weighted by molar-refractivity contribution is 5.76. The number of nitrogens with one attached hydrogen (secondary N) is 1. The highest BCUT2D eigenvalue weighted by Crippen LogP contribution is 2.23. The molecule has 0 bridgehead atoms. The van der Waals surface area contributed by atoms with Gasteiger partial charge in [-0.2, -0.15) is 0 Å². The first kappa shape index (κ1) is 63.9. The van der Waals surface area contributed by atoms with E-state index in [1.54, 1.807) is 0 Å². The maximum absolute atomic E-state index is 13.0. The zero-order valence-corrected chi connectivity index (χ0v) is 44.2. The van der Waals surface area contributed by atoms with Crippen molar-refractivity contribution in [2.24, 2.45) is 0 Å². The Morgan fingerprint density at radius 2 is 0.836 bits per heavy atom. The lowest BCUT2D eigenvalue weighted by molar-refractivity contribution is -0.302. The molecular weight excluding hydrogens is 839 g/mol. The van der Waals surface area contributed by atoms with Crippen molar-refractivity contribution in [3.05, 3.63) is 12.2 Å². The third-order valence-corrected chi connectivity index (χ3v) is 14.4. The van der Waals surface area contributed by atoms with Gasteiger partial charge >= 0.3 is 0 Å². The predicted octanol–water partition coefficient (Wildman–Crippen LogP) is 14.4. The van der Waals surface area contributed by atoms with Crippen LogP contribution < -0.4 is 5.32 Å². The summed E-state index contributed by atoms with van der Waals surface area (Å²) in [6.45, 7) is 3.87. The van der Waals surface area contributed by atoms with Crippen molar-refractivity contribution in [3.8, 4) is 0 Å². The fraction of sp³-hybridized carbons (Fsp3) is 0.948. The molecule has 0 radical (unpaired) electrons. The Bertz CT molecular complexity index is 1060. The molecule has 1 rings (SSSR count). The van der Waals surface area contributed by atoms with Gasteiger partial charge in [0.25, 0.3) is 0 Å². The first-order valence-electron chi connectivity index (χ1n) is 29.4. The highest BCUT2D eigenvalue weighted by atomic mass is 16.7. The lowest BCUT2D eigenvalue weighted by Gasteiger charge is -2.40. The maximum Gasteiger partial charge on any atom is 0.220 e. The quantitative estimate of drug-likeness (QED) is 0.0261. The number of amides is 1. The summed E-state index contributed by atoms with van der Waals surface area (Å²) in [4.78, 5) is 13.0. The Balaban J connectivity index is 2.16. The zero-order chi connectivity index (χ0) is 48.7. The summed E-state index contributed by atoms with van der Waals surface area (Å²) in [6, 6.07) is -0.721. The van der Waals surface area contributed by atoms with E-state index in [9.17, 15) is 30.3 Å². The highest BCUT2D eigenvalue weighted by Gasteiger charge is 2.44. The predicted molar refractivity (Wildman–Crippen MR) is 281 cm³/mol. The molecule has 1 amide bonds. The van der Waals surface area contributed by atoms with E-state index in [2.05, 4.69) is 31.3 Å². The van der Waals surface area contributed by atoms with E-state index in [4.69, 9.17) is 9.47 Å². The van der Waals surface area contributed by atoms with Gasteiger partial charge in [-0.3, -0.25) is 4.79 Å². The van der Waals surface area contributed by atoms with Crippen molar-refractivity contribution in [1.29, 1.82) is 0 Å². The van der Waals surface area contributed by atoms with E-state index in [1.165, 1.54) is 218 Å². The standard InChI is InChI=1S/C58H113NO8/c1-3-5-7-9-11-13-15-17-19-21-22-23-24-25-26-27-28-29-30-31-32-33-35-37-39-41-43-45-47-52(61)51(50-66-58-57(65)56(64)55(63)53(49-60)67-58)59-54(62)48-46-44-42-40-38-36-34-20-18-16-14-12-10-8-6-4-2/h20,34,51-53,55-58,60-61,63-65H,3-19,21-33,35-50H2,1-2H3,(H,59,62)/b34-20-. The third-order valence-electron chi connectivity index (χ3n) is 14.4. The van der Waals surface area contributed by atoms with E-state index < -0.39 is 49.5 Å². The molecule has 1 fully saturated rings. The van der Waals surface area contributed by atoms with Crippen LogP contribution in [0, 0.1) is 0 Å². The average molecular weight is 953 g/mol. The van der Waals surface area contributed by atoms with Crippen LogP contribution in [0.3, 0.4) is 0 Å². The number of hydrogen-bond acceptors (Lipinski definition) is 8. The van der Waals surface area contributed by atoms with Crippen molar-refractivity contribution in [3.63, 3.8) is 0 Å². The van der Waals surface area contributed by atoms with Crippen molar-refractivity contribution in [2.75, 3.05) is 13.2 Å². The van der Waals surface area contributed by atoms with Gasteiger partial charge in [0.05, 0.1) is 25.4 Å². The number of carbonyl (C=O) groups excluding carboxylic acids is 1. The monoisotopic (exact) mass is 952 g/mol. The normalized spacial score (nSPS) is 19.7. The molecule has 0 saturated carbocycles. The molecule has 6 N–H and O–H groups in total. The Morgan fingerprint density at radius 1 is 0.493 bits per heavy atom. The largest absolute Gasteiger partial charge is 0.394 e. The average Bonchev–Trinajstić information content (AvgIpc) is 3.33. The van der Waals surface area contributed by atoms with Gasteiger partial charge in [-0.15, -0.1) is 0 Å².